The number of hydrogen-bond donors (Lipinski definition) is 1. The summed E-state index contributed by atoms with van der Waals surface area (Å²) in [7, 11) is 3.28. The third-order valence-electron chi connectivity index (χ3n) is 0.792. The number of methoxy groups -OCH3 is 1. The number of carbonyl (C=O) groups excluding carboxylic acids is 1. The van der Waals surface area contributed by atoms with E-state index < -0.39 is 0 Å². The highest BCUT2D eigenvalue weighted by Gasteiger charge is 1.89. The number of aldehydes is 1. The summed E-state index contributed by atoms with van der Waals surface area (Å²) in [4.78, 5) is 10.1. The van der Waals surface area contributed by atoms with Crippen molar-refractivity contribution < 1.29 is 9.53 Å². The zero-order chi connectivity index (χ0) is 7.11. The minimum atomic E-state index is 0.365. The van der Waals surface area contributed by atoms with Crippen molar-refractivity contribution in [2.24, 2.45) is 0 Å². The van der Waals surface area contributed by atoms with Gasteiger partial charge in [0.25, 0.3) is 0 Å². The van der Waals surface area contributed by atoms with Crippen molar-refractivity contribution in [3.05, 3.63) is 11.8 Å². The van der Waals surface area contributed by atoms with E-state index in [0.717, 1.165) is 6.29 Å². The summed E-state index contributed by atoms with van der Waals surface area (Å²) < 4.78 is 4.71. The van der Waals surface area contributed by atoms with Crippen LogP contribution in [0.25, 0.3) is 0 Å². The minimum Gasteiger partial charge on any atom is -0.394 e. The maximum absolute atomic E-state index is 10.1. The molecule has 0 aromatic heterocycles. The first-order valence-corrected chi connectivity index (χ1v) is 2.65. The maximum atomic E-state index is 10.1. The van der Waals surface area contributed by atoms with Gasteiger partial charge in [-0.15, -0.1) is 0 Å². The zero-order valence-electron chi connectivity index (χ0n) is 5.68. The highest BCUT2D eigenvalue weighted by molar-refractivity contribution is 5.73. The van der Waals surface area contributed by atoms with Crippen LogP contribution in [0.15, 0.2) is 11.8 Å². The Hall–Kier alpha value is -0.830. The summed E-state index contributed by atoms with van der Waals surface area (Å²) in [5.41, 5.74) is 0.611. The molecule has 52 valence electrons. The van der Waals surface area contributed by atoms with Crippen LogP contribution >= 0.6 is 0 Å². The van der Waals surface area contributed by atoms with Gasteiger partial charge in [0.05, 0.1) is 6.61 Å². The van der Waals surface area contributed by atoms with Crippen LogP contribution in [0.3, 0.4) is 0 Å². The van der Waals surface area contributed by atoms with Crippen LogP contribution in [0, 0.1) is 0 Å². The van der Waals surface area contributed by atoms with Gasteiger partial charge in [0.1, 0.15) is 6.29 Å². The normalized spacial score (nSPS) is 11.1. The monoisotopic (exact) mass is 129 g/mol. The fourth-order valence-corrected chi connectivity index (χ4v) is 0.462. The first kappa shape index (κ1) is 8.17. The summed E-state index contributed by atoms with van der Waals surface area (Å²) in [6.45, 7) is 0.365. The van der Waals surface area contributed by atoms with Crippen LogP contribution in [0.2, 0.25) is 0 Å². The lowest BCUT2D eigenvalue weighted by Crippen LogP contribution is -2.02. The van der Waals surface area contributed by atoms with Crippen LogP contribution in [0.1, 0.15) is 0 Å². The maximum Gasteiger partial charge on any atom is 0.149 e. The Labute approximate surface area is 54.7 Å². The Morgan fingerprint density at radius 3 is 2.78 bits per heavy atom. The lowest BCUT2D eigenvalue weighted by molar-refractivity contribution is -0.105. The van der Waals surface area contributed by atoms with Crippen molar-refractivity contribution in [1.82, 2.24) is 5.32 Å². The molecule has 0 aliphatic carbocycles. The van der Waals surface area contributed by atoms with Crippen molar-refractivity contribution in [2.75, 3.05) is 20.8 Å². The molecule has 0 saturated heterocycles. The van der Waals surface area contributed by atoms with Crippen molar-refractivity contribution in [2.45, 2.75) is 0 Å². The predicted octanol–water partition coefficient (Wildman–Crippen LogP) is -0.0650. The van der Waals surface area contributed by atoms with Gasteiger partial charge in [-0.3, -0.25) is 4.79 Å². The van der Waals surface area contributed by atoms with E-state index in [2.05, 4.69) is 5.32 Å². The van der Waals surface area contributed by atoms with Crippen LogP contribution in [-0.4, -0.2) is 27.1 Å². The fourth-order valence-electron chi connectivity index (χ4n) is 0.462. The third kappa shape index (κ3) is 3.73. The van der Waals surface area contributed by atoms with E-state index in [0.29, 0.717) is 12.2 Å². The van der Waals surface area contributed by atoms with Crippen LogP contribution in [-0.2, 0) is 9.53 Å². The third-order valence-corrected chi connectivity index (χ3v) is 0.792. The van der Waals surface area contributed by atoms with Crippen molar-refractivity contribution in [1.29, 1.82) is 0 Å². The van der Waals surface area contributed by atoms with Crippen molar-refractivity contribution in [3.8, 4) is 0 Å². The molecule has 0 spiro atoms. The molecule has 0 radical (unpaired) electrons. The standard InChI is InChI=1S/C6H11NO2/c1-7-3-6(4-8)5-9-2/h3-4,7H,5H2,1-2H3/b6-3-. The molecule has 0 amide bonds. The van der Waals surface area contributed by atoms with Gasteiger partial charge in [-0.1, -0.05) is 0 Å². The Morgan fingerprint density at radius 1 is 1.78 bits per heavy atom. The topological polar surface area (TPSA) is 38.3 Å². The highest BCUT2D eigenvalue weighted by atomic mass is 16.5. The van der Waals surface area contributed by atoms with Gasteiger partial charge in [-0.25, -0.2) is 0 Å². The molecule has 1 N–H and O–H groups in total. The smallest absolute Gasteiger partial charge is 0.149 e. The molecule has 0 fully saturated rings. The quantitative estimate of drug-likeness (QED) is 0.426. The van der Waals surface area contributed by atoms with Gasteiger partial charge < -0.3 is 10.1 Å². The molecule has 0 saturated carbocycles. The molecule has 0 aliphatic heterocycles. The average molecular weight is 129 g/mol. The highest BCUT2D eigenvalue weighted by Crippen LogP contribution is 1.85. The van der Waals surface area contributed by atoms with E-state index >= 15 is 0 Å². The molecule has 0 aromatic carbocycles. The zero-order valence-corrected chi connectivity index (χ0v) is 5.68. The Morgan fingerprint density at radius 2 is 2.44 bits per heavy atom. The Balaban J connectivity index is 3.66. The molecule has 0 bridgehead atoms. The second-order valence-corrected chi connectivity index (χ2v) is 1.56. The number of hydrogen-bond acceptors (Lipinski definition) is 3. The number of carbonyl (C=O) groups is 1. The number of ether oxygens (including phenoxy) is 1. The summed E-state index contributed by atoms with van der Waals surface area (Å²) >= 11 is 0. The molecule has 3 heteroatoms. The van der Waals surface area contributed by atoms with Crippen molar-refractivity contribution >= 4 is 6.29 Å². The van der Waals surface area contributed by atoms with Gasteiger partial charge in [-0.05, 0) is 0 Å². The van der Waals surface area contributed by atoms with Crippen LogP contribution < -0.4 is 5.32 Å². The number of rotatable bonds is 4. The molecule has 0 heterocycles. The van der Waals surface area contributed by atoms with Gasteiger partial charge in [0, 0.05) is 25.9 Å². The Kier molecular flexibility index (Phi) is 4.82. The van der Waals surface area contributed by atoms with Gasteiger partial charge in [-0.2, -0.15) is 0 Å². The molecule has 0 aromatic rings. The van der Waals surface area contributed by atoms with E-state index in [9.17, 15) is 4.79 Å². The summed E-state index contributed by atoms with van der Waals surface area (Å²) in [5.74, 6) is 0. The summed E-state index contributed by atoms with van der Waals surface area (Å²) in [6.07, 6.45) is 2.37. The molecule has 3 nitrogen and oxygen atoms in total. The Bertz CT molecular complexity index is 110. The number of nitrogens with one attached hydrogen (secondary N) is 1. The first-order valence-electron chi connectivity index (χ1n) is 2.65. The second-order valence-electron chi connectivity index (χ2n) is 1.56. The molecular formula is C6H11NO2. The largest absolute Gasteiger partial charge is 0.394 e. The average Bonchev–Trinajstić information content (AvgIpc) is 1.88. The molecular weight excluding hydrogens is 118 g/mol. The SMILES string of the molecule is CN/C=C(/C=O)COC. The molecule has 9 heavy (non-hydrogen) atoms. The molecule has 0 unspecified atom stereocenters. The van der Waals surface area contributed by atoms with Crippen LogP contribution in [0.4, 0.5) is 0 Å². The summed E-state index contributed by atoms with van der Waals surface area (Å²) in [6, 6.07) is 0. The second kappa shape index (κ2) is 5.31. The lowest BCUT2D eigenvalue weighted by Gasteiger charge is -1.95. The minimum absolute atomic E-state index is 0.365. The first-order chi connectivity index (χ1) is 4.35. The molecule has 0 atom stereocenters. The van der Waals surface area contributed by atoms with Crippen molar-refractivity contribution in [3.63, 3.8) is 0 Å². The van der Waals surface area contributed by atoms with E-state index in [1.54, 1.807) is 20.4 Å². The van der Waals surface area contributed by atoms with E-state index in [4.69, 9.17) is 4.74 Å². The molecule has 0 aliphatic rings. The van der Waals surface area contributed by atoms with E-state index in [1.165, 1.54) is 0 Å². The lowest BCUT2D eigenvalue weighted by atomic mass is 10.3. The van der Waals surface area contributed by atoms with Gasteiger partial charge in [0.15, 0.2) is 0 Å². The van der Waals surface area contributed by atoms with Gasteiger partial charge >= 0.3 is 0 Å². The van der Waals surface area contributed by atoms with E-state index in [-0.39, 0.29) is 0 Å². The van der Waals surface area contributed by atoms with E-state index in [1.807, 2.05) is 0 Å². The fraction of sp³-hybridized carbons (Fsp3) is 0.500. The van der Waals surface area contributed by atoms with Gasteiger partial charge in [0.2, 0.25) is 0 Å². The molecule has 0 rings (SSSR count). The predicted molar refractivity (Wildman–Crippen MR) is 35.1 cm³/mol. The van der Waals surface area contributed by atoms with Crippen LogP contribution in [0.5, 0.6) is 0 Å². The summed E-state index contributed by atoms with van der Waals surface area (Å²) in [5, 5.41) is 2.73.